The van der Waals surface area contributed by atoms with Gasteiger partial charge in [0.05, 0.1) is 18.8 Å². The van der Waals surface area contributed by atoms with Crippen LogP contribution in [0.2, 0.25) is 0 Å². The number of hydrazone groups is 1. The molecule has 46 valence electrons. The summed E-state index contributed by atoms with van der Waals surface area (Å²) in [5, 5.41) is 3.90. The molecule has 0 saturated carbocycles. The van der Waals surface area contributed by atoms with Crippen LogP contribution in [-0.2, 0) is 0 Å². The third-order valence-electron chi connectivity index (χ3n) is 1.51. The van der Waals surface area contributed by atoms with Crippen LogP contribution in [0.3, 0.4) is 0 Å². The average Bonchev–Trinajstić information content (AvgIpc) is 2.33. The molecule has 1 unspecified atom stereocenters. The van der Waals surface area contributed by atoms with Crippen molar-refractivity contribution in [3.8, 4) is 0 Å². The molecule has 1 atom stereocenters. The summed E-state index contributed by atoms with van der Waals surface area (Å²) in [5.41, 5.74) is 4.09. The van der Waals surface area contributed by atoms with Gasteiger partial charge < -0.3 is 5.43 Å². The van der Waals surface area contributed by atoms with Crippen molar-refractivity contribution in [3.63, 3.8) is 0 Å². The van der Waals surface area contributed by atoms with Crippen molar-refractivity contribution in [2.24, 2.45) is 10.1 Å². The molecular weight excluding hydrogens is 114 g/mol. The number of nitrogens with zero attached hydrogens (tertiary/aromatic N) is 2. The molecule has 0 aromatic heterocycles. The Morgan fingerprint density at radius 3 is 3.56 bits per heavy atom. The van der Waals surface area contributed by atoms with E-state index in [4.69, 9.17) is 0 Å². The van der Waals surface area contributed by atoms with Crippen molar-refractivity contribution >= 4 is 12.4 Å². The largest absolute Gasteiger partial charge is 0.308 e. The molecule has 2 aliphatic heterocycles. The first-order valence-corrected chi connectivity index (χ1v) is 2.96. The number of nitrogens with one attached hydrogen (secondary N) is 1. The van der Waals surface area contributed by atoms with Gasteiger partial charge in [-0.3, -0.25) is 4.99 Å². The van der Waals surface area contributed by atoms with Gasteiger partial charge >= 0.3 is 0 Å². The topological polar surface area (TPSA) is 36.8 Å². The molecule has 0 amide bonds. The van der Waals surface area contributed by atoms with E-state index in [1.807, 2.05) is 18.5 Å². The third-order valence-corrected chi connectivity index (χ3v) is 1.51. The Balaban J connectivity index is 2.31. The molecule has 0 bridgehead atoms. The zero-order valence-corrected chi connectivity index (χ0v) is 4.91. The smallest absolute Gasteiger partial charge is 0.0954 e. The molecule has 0 radical (unpaired) electrons. The fourth-order valence-corrected chi connectivity index (χ4v) is 0.989. The van der Waals surface area contributed by atoms with Crippen LogP contribution in [-0.4, -0.2) is 25.0 Å². The SMILES string of the molecule is C1=NNCC2N=CC=C12. The van der Waals surface area contributed by atoms with Gasteiger partial charge in [0, 0.05) is 6.21 Å². The normalized spacial score (nSPS) is 29.3. The van der Waals surface area contributed by atoms with Gasteiger partial charge in [-0.05, 0) is 11.6 Å². The van der Waals surface area contributed by atoms with Crippen LogP contribution < -0.4 is 5.43 Å². The molecule has 0 fully saturated rings. The maximum absolute atomic E-state index is 4.19. The summed E-state index contributed by atoms with van der Waals surface area (Å²) in [6, 6.07) is 0.336. The summed E-state index contributed by atoms with van der Waals surface area (Å²) in [4.78, 5) is 4.19. The molecule has 0 saturated heterocycles. The highest BCUT2D eigenvalue weighted by molar-refractivity contribution is 5.91. The quantitative estimate of drug-likeness (QED) is 0.479. The first-order valence-electron chi connectivity index (χ1n) is 2.96. The first-order chi connectivity index (χ1) is 4.47. The van der Waals surface area contributed by atoms with Crippen LogP contribution in [0.5, 0.6) is 0 Å². The highest BCUT2D eigenvalue weighted by Crippen LogP contribution is 2.10. The number of hydrogen-bond donors (Lipinski definition) is 1. The summed E-state index contributed by atoms with van der Waals surface area (Å²) in [6.45, 7) is 0.846. The number of aliphatic imine (C=N–C) groups is 1. The van der Waals surface area contributed by atoms with E-state index in [9.17, 15) is 0 Å². The van der Waals surface area contributed by atoms with Gasteiger partial charge in [0.25, 0.3) is 0 Å². The van der Waals surface area contributed by atoms with Gasteiger partial charge in [-0.2, -0.15) is 5.10 Å². The third kappa shape index (κ3) is 0.650. The van der Waals surface area contributed by atoms with E-state index < -0.39 is 0 Å². The minimum absolute atomic E-state index is 0.336. The van der Waals surface area contributed by atoms with E-state index in [2.05, 4.69) is 15.5 Å². The fourth-order valence-electron chi connectivity index (χ4n) is 0.989. The lowest BCUT2D eigenvalue weighted by Crippen LogP contribution is -2.27. The Bertz CT molecular complexity index is 202. The van der Waals surface area contributed by atoms with Crippen molar-refractivity contribution in [1.29, 1.82) is 0 Å². The standard InChI is InChI=1S/C6H7N3/c1-2-7-6-4-9-8-3-5(1)6/h1-3,6,9H,4H2. The second-order valence-corrected chi connectivity index (χ2v) is 2.10. The maximum Gasteiger partial charge on any atom is 0.0954 e. The Morgan fingerprint density at radius 2 is 2.67 bits per heavy atom. The summed E-state index contributed by atoms with van der Waals surface area (Å²) in [6.07, 6.45) is 5.65. The molecule has 0 aromatic carbocycles. The first kappa shape index (κ1) is 4.73. The van der Waals surface area contributed by atoms with Crippen molar-refractivity contribution in [2.75, 3.05) is 6.54 Å². The zero-order valence-electron chi connectivity index (χ0n) is 4.91. The summed E-state index contributed by atoms with van der Waals surface area (Å²) in [7, 11) is 0. The lowest BCUT2D eigenvalue weighted by molar-refractivity contribution is 0.653. The number of fused-ring (bicyclic) bond motifs is 1. The van der Waals surface area contributed by atoms with Crippen LogP contribution in [0.15, 0.2) is 21.7 Å². The molecule has 3 nitrogen and oxygen atoms in total. The van der Waals surface area contributed by atoms with Gasteiger partial charge in [-0.15, -0.1) is 0 Å². The lowest BCUT2D eigenvalue weighted by atomic mass is 10.1. The predicted octanol–water partition coefficient (Wildman–Crippen LogP) is -0.0452. The van der Waals surface area contributed by atoms with Crippen molar-refractivity contribution in [3.05, 3.63) is 11.6 Å². The van der Waals surface area contributed by atoms with Crippen LogP contribution in [0, 0.1) is 0 Å². The Labute approximate surface area is 53.2 Å². The van der Waals surface area contributed by atoms with Crippen LogP contribution >= 0.6 is 0 Å². The van der Waals surface area contributed by atoms with E-state index in [1.165, 1.54) is 5.57 Å². The van der Waals surface area contributed by atoms with Crippen LogP contribution in [0.1, 0.15) is 0 Å². The molecule has 3 heteroatoms. The highest BCUT2D eigenvalue weighted by atomic mass is 15.3. The van der Waals surface area contributed by atoms with Crippen LogP contribution in [0.25, 0.3) is 0 Å². The van der Waals surface area contributed by atoms with Gasteiger partial charge in [0.2, 0.25) is 0 Å². The van der Waals surface area contributed by atoms with Crippen molar-refractivity contribution < 1.29 is 0 Å². The minimum Gasteiger partial charge on any atom is -0.308 e. The zero-order chi connectivity index (χ0) is 6.10. The molecule has 2 aliphatic rings. The molecule has 0 aromatic rings. The fraction of sp³-hybridized carbons (Fsp3) is 0.333. The number of hydrogen-bond acceptors (Lipinski definition) is 3. The highest BCUT2D eigenvalue weighted by Gasteiger charge is 2.15. The van der Waals surface area contributed by atoms with Gasteiger partial charge in [-0.1, -0.05) is 0 Å². The van der Waals surface area contributed by atoms with E-state index in [-0.39, 0.29) is 0 Å². The van der Waals surface area contributed by atoms with Gasteiger partial charge in [0.1, 0.15) is 0 Å². The van der Waals surface area contributed by atoms with Gasteiger partial charge in [-0.25, -0.2) is 0 Å². The molecular formula is C6H7N3. The molecule has 0 spiro atoms. The monoisotopic (exact) mass is 121 g/mol. The minimum atomic E-state index is 0.336. The molecule has 2 rings (SSSR count). The average molecular weight is 121 g/mol. The molecule has 2 heterocycles. The van der Waals surface area contributed by atoms with Crippen LogP contribution in [0.4, 0.5) is 0 Å². The van der Waals surface area contributed by atoms with E-state index in [0.717, 1.165) is 6.54 Å². The van der Waals surface area contributed by atoms with Crippen molar-refractivity contribution in [1.82, 2.24) is 5.43 Å². The second kappa shape index (κ2) is 1.69. The summed E-state index contributed by atoms with van der Waals surface area (Å²) < 4.78 is 0. The second-order valence-electron chi connectivity index (χ2n) is 2.10. The predicted molar refractivity (Wildman–Crippen MR) is 36.9 cm³/mol. The molecule has 0 aliphatic carbocycles. The maximum atomic E-state index is 4.19. The molecule has 1 N–H and O–H groups in total. The summed E-state index contributed by atoms with van der Waals surface area (Å²) in [5.74, 6) is 0. The Kier molecular flexibility index (Phi) is 0.886. The number of rotatable bonds is 0. The molecule has 9 heavy (non-hydrogen) atoms. The van der Waals surface area contributed by atoms with Gasteiger partial charge in [0.15, 0.2) is 0 Å². The van der Waals surface area contributed by atoms with E-state index >= 15 is 0 Å². The summed E-state index contributed by atoms with van der Waals surface area (Å²) >= 11 is 0. The number of allylic oxidation sites excluding steroid dienone is 1. The Morgan fingerprint density at radius 1 is 1.67 bits per heavy atom. The van der Waals surface area contributed by atoms with E-state index in [1.54, 1.807) is 0 Å². The Hall–Kier alpha value is -1.12. The van der Waals surface area contributed by atoms with Crippen molar-refractivity contribution in [2.45, 2.75) is 6.04 Å². The lowest BCUT2D eigenvalue weighted by Gasteiger charge is -2.12. The van der Waals surface area contributed by atoms with E-state index in [0.29, 0.717) is 6.04 Å².